The van der Waals surface area contributed by atoms with Gasteiger partial charge in [0.15, 0.2) is 14.9 Å². The number of hydrogen-bond acceptors (Lipinski definition) is 5. The van der Waals surface area contributed by atoms with Crippen LogP contribution in [0, 0.1) is 5.82 Å². The van der Waals surface area contributed by atoms with Crippen LogP contribution < -0.4 is 10.2 Å². The molecule has 30 heavy (non-hydrogen) atoms. The number of nitrogens with zero attached hydrogens (tertiary/aromatic N) is 2. The van der Waals surface area contributed by atoms with Crippen LogP contribution in [0.3, 0.4) is 0 Å². The number of benzene rings is 2. The molecule has 1 aliphatic heterocycles. The fraction of sp³-hybridized carbons (Fsp3) is 0.263. The predicted molar refractivity (Wildman–Crippen MR) is 118 cm³/mol. The van der Waals surface area contributed by atoms with Crippen LogP contribution in [-0.4, -0.2) is 61.9 Å². The van der Waals surface area contributed by atoms with Crippen molar-refractivity contribution in [1.82, 2.24) is 4.90 Å². The van der Waals surface area contributed by atoms with E-state index in [0.717, 1.165) is 12.3 Å². The number of aromatic carboxylic acids is 1. The standard InChI is InChI=1S/C19H19ClFN3O4S2/c1-30(27,28)13-3-5-17(16(21)11-13)23-6-8-24(9-7-23)19(29)22-12-2-4-14(18(25)26)15(20)10-12/h2-5,10-11H,6-9H2,1H3,(H,22,29)(H,25,26). The highest BCUT2D eigenvalue weighted by atomic mass is 35.5. The molecule has 1 saturated heterocycles. The smallest absolute Gasteiger partial charge is 0.337 e. The van der Waals surface area contributed by atoms with Gasteiger partial charge in [-0.1, -0.05) is 11.6 Å². The summed E-state index contributed by atoms with van der Waals surface area (Å²) >= 11 is 11.4. The zero-order valence-electron chi connectivity index (χ0n) is 15.9. The third kappa shape index (κ3) is 5.00. The van der Waals surface area contributed by atoms with Gasteiger partial charge in [-0.2, -0.15) is 0 Å². The van der Waals surface area contributed by atoms with Crippen molar-refractivity contribution in [2.75, 3.05) is 42.7 Å². The van der Waals surface area contributed by atoms with Gasteiger partial charge in [0.25, 0.3) is 0 Å². The van der Waals surface area contributed by atoms with Crippen LogP contribution in [0.4, 0.5) is 15.8 Å². The van der Waals surface area contributed by atoms with Crippen molar-refractivity contribution >= 4 is 56.1 Å². The molecule has 0 aromatic heterocycles. The Labute approximate surface area is 184 Å². The molecule has 0 amide bonds. The molecule has 0 saturated carbocycles. The Kier molecular flexibility index (Phi) is 6.49. The van der Waals surface area contributed by atoms with Crippen molar-refractivity contribution in [2.24, 2.45) is 0 Å². The number of carboxylic acid groups (broad SMARTS) is 1. The van der Waals surface area contributed by atoms with Crippen LogP contribution in [0.5, 0.6) is 0 Å². The SMILES string of the molecule is CS(=O)(=O)c1ccc(N2CCN(C(=S)Nc3ccc(C(=O)O)c(Cl)c3)CC2)c(F)c1. The third-order valence-electron chi connectivity index (χ3n) is 4.71. The van der Waals surface area contributed by atoms with E-state index in [0.29, 0.717) is 42.7 Å². The van der Waals surface area contributed by atoms with Gasteiger partial charge in [-0.25, -0.2) is 17.6 Å². The van der Waals surface area contributed by atoms with Crippen molar-refractivity contribution in [2.45, 2.75) is 4.90 Å². The Balaban J connectivity index is 1.62. The summed E-state index contributed by atoms with van der Waals surface area (Å²) in [6.45, 7) is 2.05. The van der Waals surface area contributed by atoms with E-state index in [1.165, 1.54) is 24.3 Å². The first-order valence-electron chi connectivity index (χ1n) is 8.89. The predicted octanol–water partition coefficient (Wildman–Crippen LogP) is 3.10. The number of hydrogen-bond donors (Lipinski definition) is 2. The van der Waals surface area contributed by atoms with Crippen LogP contribution in [0.15, 0.2) is 41.3 Å². The zero-order chi connectivity index (χ0) is 22.1. The van der Waals surface area contributed by atoms with E-state index in [9.17, 15) is 17.6 Å². The highest BCUT2D eigenvalue weighted by Gasteiger charge is 2.22. The lowest BCUT2D eigenvalue weighted by atomic mass is 10.2. The topological polar surface area (TPSA) is 90.0 Å². The van der Waals surface area contributed by atoms with Crippen LogP contribution >= 0.6 is 23.8 Å². The molecule has 1 aliphatic rings. The number of carboxylic acids is 1. The number of sulfone groups is 1. The summed E-state index contributed by atoms with van der Waals surface area (Å²) < 4.78 is 37.6. The number of halogens is 2. The zero-order valence-corrected chi connectivity index (χ0v) is 18.3. The molecule has 0 bridgehead atoms. The van der Waals surface area contributed by atoms with Crippen molar-refractivity contribution in [3.8, 4) is 0 Å². The van der Waals surface area contributed by atoms with Gasteiger partial charge < -0.3 is 20.2 Å². The summed E-state index contributed by atoms with van der Waals surface area (Å²) in [7, 11) is -3.47. The summed E-state index contributed by atoms with van der Waals surface area (Å²) in [5, 5.41) is 12.6. The highest BCUT2D eigenvalue weighted by Crippen LogP contribution is 2.25. The molecule has 0 aliphatic carbocycles. The molecule has 3 rings (SSSR count). The van der Waals surface area contributed by atoms with Crippen LogP contribution in [-0.2, 0) is 9.84 Å². The maximum absolute atomic E-state index is 14.4. The van der Waals surface area contributed by atoms with E-state index in [1.807, 2.05) is 9.80 Å². The molecular formula is C19H19ClFN3O4S2. The fourth-order valence-electron chi connectivity index (χ4n) is 3.09. The lowest BCUT2D eigenvalue weighted by Crippen LogP contribution is -2.50. The summed E-state index contributed by atoms with van der Waals surface area (Å²) in [4.78, 5) is 14.7. The van der Waals surface area contributed by atoms with Crippen LogP contribution in [0.2, 0.25) is 5.02 Å². The van der Waals surface area contributed by atoms with E-state index < -0.39 is 21.6 Å². The Morgan fingerprint density at radius 3 is 2.37 bits per heavy atom. The Morgan fingerprint density at radius 2 is 1.83 bits per heavy atom. The fourth-order valence-corrected chi connectivity index (χ4v) is 4.29. The van der Waals surface area contributed by atoms with E-state index in [1.54, 1.807) is 6.07 Å². The third-order valence-corrected chi connectivity index (χ3v) is 6.49. The van der Waals surface area contributed by atoms with Gasteiger partial charge in [0, 0.05) is 38.1 Å². The molecule has 0 radical (unpaired) electrons. The largest absolute Gasteiger partial charge is 0.478 e. The van der Waals surface area contributed by atoms with Gasteiger partial charge in [-0.3, -0.25) is 0 Å². The monoisotopic (exact) mass is 471 g/mol. The molecule has 11 heteroatoms. The molecule has 2 aromatic carbocycles. The second kappa shape index (κ2) is 8.75. The van der Waals surface area contributed by atoms with E-state index in [2.05, 4.69) is 5.32 Å². The number of piperazine rings is 1. The maximum atomic E-state index is 14.4. The quantitative estimate of drug-likeness (QED) is 0.657. The minimum atomic E-state index is -3.47. The number of anilines is 2. The molecule has 0 spiro atoms. The molecule has 0 atom stereocenters. The van der Waals surface area contributed by atoms with Crippen molar-refractivity contribution in [3.05, 3.63) is 52.8 Å². The number of nitrogens with one attached hydrogen (secondary N) is 1. The Bertz CT molecular complexity index is 1100. The number of carbonyl (C=O) groups is 1. The van der Waals surface area contributed by atoms with Gasteiger partial charge in [-0.15, -0.1) is 0 Å². The molecule has 1 heterocycles. The van der Waals surface area contributed by atoms with E-state index >= 15 is 0 Å². The first kappa shape index (κ1) is 22.3. The molecular weight excluding hydrogens is 453 g/mol. The number of rotatable bonds is 4. The second-order valence-electron chi connectivity index (χ2n) is 6.79. The summed E-state index contributed by atoms with van der Waals surface area (Å²) in [6.07, 6.45) is 1.04. The van der Waals surface area contributed by atoms with Crippen molar-refractivity contribution in [3.63, 3.8) is 0 Å². The first-order chi connectivity index (χ1) is 14.1. The Hall–Kier alpha value is -2.43. The average Bonchev–Trinajstić information content (AvgIpc) is 2.67. The molecule has 1 fully saturated rings. The lowest BCUT2D eigenvalue weighted by Gasteiger charge is -2.37. The first-order valence-corrected chi connectivity index (χ1v) is 11.6. The normalized spacial score (nSPS) is 14.5. The summed E-state index contributed by atoms with van der Waals surface area (Å²) in [5.41, 5.74) is 0.919. The second-order valence-corrected chi connectivity index (χ2v) is 9.60. The minimum absolute atomic E-state index is 0.00525. The average molecular weight is 472 g/mol. The van der Waals surface area contributed by atoms with Crippen LogP contribution in [0.1, 0.15) is 10.4 Å². The van der Waals surface area contributed by atoms with Gasteiger partial charge in [0.05, 0.1) is 21.2 Å². The molecule has 2 aromatic rings. The van der Waals surface area contributed by atoms with Gasteiger partial charge in [-0.05, 0) is 48.6 Å². The molecule has 2 N–H and O–H groups in total. The van der Waals surface area contributed by atoms with Crippen molar-refractivity contribution in [1.29, 1.82) is 0 Å². The molecule has 7 nitrogen and oxygen atoms in total. The Morgan fingerprint density at radius 1 is 1.17 bits per heavy atom. The number of thiocarbonyl (C=S) groups is 1. The van der Waals surface area contributed by atoms with Gasteiger partial charge in [0.1, 0.15) is 5.82 Å². The van der Waals surface area contributed by atoms with Gasteiger partial charge >= 0.3 is 5.97 Å². The van der Waals surface area contributed by atoms with E-state index in [-0.39, 0.29) is 15.5 Å². The summed E-state index contributed by atoms with van der Waals surface area (Å²) in [6, 6.07) is 8.38. The highest BCUT2D eigenvalue weighted by molar-refractivity contribution is 7.90. The van der Waals surface area contributed by atoms with Crippen molar-refractivity contribution < 1.29 is 22.7 Å². The van der Waals surface area contributed by atoms with Gasteiger partial charge in [0.2, 0.25) is 0 Å². The minimum Gasteiger partial charge on any atom is -0.478 e. The lowest BCUT2D eigenvalue weighted by molar-refractivity contribution is 0.0697. The summed E-state index contributed by atoms with van der Waals surface area (Å²) in [5.74, 6) is -1.69. The molecule has 0 unspecified atom stereocenters. The van der Waals surface area contributed by atoms with E-state index in [4.69, 9.17) is 28.9 Å². The molecule has 160 valence electrons. The maximum Gasteiger partial charge on any atom is 0.337 e. The van der Waals surface area contributed by atoms with Crippen LogP contribution in [0.25, 0.3) is 0 Å².